The Kier molecular flexibility index (Phi) is 4.35. The summed E-state index contributed by atoms with van der Waals surface area (Å²) in [5, 5.41) is 19.0. The fourth-order valence-corrected chi connectivity index (χ4v) is 3.81. The Hall–Kier alpha value is -2.85. The van der Waals surface area contributed by atoms with E-state index in [1.807, 2.05) is 29.2 Å². The summed E-state index contributed by atoms with van der Waals surface area (Å²) in [4.78, 5) is 21.6. The Morgan fingerprint density at radius 1 is 1.46 bits per heavy atom. The molecule has 0 aliphatic carbocycles. The predicted octanol–water partition coefficient (Wildman–Crippen LogP) is 1.13. The minimum Gasteiger partial charge on any atom is -0.493 e. The van der Waals surface area contributed by atoms with Crippen LogP contribution in [-0.2, 0) is 12.8 Å². The summed E-state index contributed by atoms with van der Waals surface area (Å²) in [6, 6.07) is 7.85. The molecule has 1 aromatic carbocycles. The van der Waals surface area contributed by atoms with Gasteiger partial charge in [-0.1, -0.05) is 18.2 Å². The van der Waals surface area contributed by atoms with Crippen LogP contribution in [0.15, 0.2) is 23.0 Å². The van der Waals surface area contributed by atoms with Gasteiger partial charge in [0.2, 0.25) is 0 Å². The third-order valence-electron chi connectivity index (χ3n) is 5.07. The third kappa shape index (κ3) is 2.82. The quantitative estimate of drug-likeness (QED) is 0.855. The highest BCUT2D eigenvalue weighted by molar-refractivity contribution is 5.55. The molecule has 4 rings (SSSR count). The number of aliphatic hydroxyl groups excluding tert-OH is 1. The van der Waals surface area contributed by atoms with Crippen molar-refractivity contribution in [3.8, 4) is 11.8 Å². The molecule has 1 aromatic heterocycles. The minimum atomic E-state index is -0.440. The summed E-state index contributed by atoms with van der Waals surface area (Å²) in [6.07, 6.45) is 3.04. The lowest BCUT2D eigenvalue weighted by molar-refractivity contribution is 0.266. The summed E-state index contributed by atoms with van der Waals surface area (Å²) in [6.45, 7) is 1.33. The lowest BCUT2D eigenvalue weighted by Crippen LogP contribution is -2.35. The molecule has 0 spiro atoms. The fraction of sp³-hybridized carbons (Fsp3) is 0.421. The number of aromatic nitrogens is 2. The summed E-state index contributed by atoms with van der Waals surface area (Å²) in [5.74, 6) is 1.74. The molecular weight excluding hydrogens is 332 g/mol. The number of para-hydroxylation sites is 1. The largest absolute Gasteiger partial charge is 0.493 e. The highest BCUT2D eigenvalue weighted by atomic mass is 16.5. The van der Waals surface area contributed by atoms with Crippen molar-refractivity contribution in [2.75, 3.05) is 24.7 Å². The maximum Gasteiger partial charge on any atom is 0.271 e. The monoisotopic (exact) mass is 352 g/mol. The zero-order chi connectivity index (χ0) is 18.1. The Balaban J connectivity index is 1.73. The lowest BCUT2D eigenvalue weighted by atomic mass is 10.1. The van der Waals surface area contributed by atoms with Crippen LogP contribution in [0.25, 0.3) is 0 Å². The van der Waals surface area contributed by atoms with Crippen LogP contribution >= 0.6 is 0 Å². The van der Waals surface area contributed by atoms with Crippen molar-refractivity contribution in [2.24, 2.45) is 0 Å². The van der Waals surface area contributed by atoms with E-state index in [2.05, 4.69) is 9.97 Å². The predicted molar refractivity (Wildman–Crippen MR) is 95.5 cm³/mol. The number of aromatic amines is 1. The molecule has 26 heavy (non-hydrogen) atoms. The van der Waals surface area contributed by atoms with Gasteiger partial charge in [-0.05, 0) is 18.4 Å². The SMILES string of the molecule is N#Cc1c(N2CCC[C@H]2CO)nc(Cc2cccc3c2OCC3)[nH]c1=O. The smallest absolute Gasteiger partial charge is 0.271 e. The average Bonchev–Trinajstić information content (AvgIpc) is 3.30. The van der Waals surface area contributed by atoms with Gasteiger partial charge in [-0.2, -0.15) is 5.26 Å². The van der Waals surface area contributed by atoms with Crippen molar-refractivity contribution < 1.29 is 9.84 Å². The van der Waals surface area contributed by atoms with Gasteiger partial charge in [0.15, 0.2) is 11.4 Å². The molecule has 1 atom stereocenters. The summed E-state index contributed by atoms with van der Waals surface area (Å²) in [7, 11) is 0. The van der Waals surface area contributed by atoms with Gasteiger partial charge < -0.3 is 19.7 Å². The number of aliphatic hydroxyl groups is 1. The van der Waals surface area contributed by atoms with Crippen LogP contribution in [0.5, 0.6) is 5.75 Å². The van der Waals surface area contributed by atoms with Gasteiger partial charge in [-0.25, -0.2) is 4.98 Å². The summed E-state index contributed by atoms with van der Waals surface area (Å²) in [5.41, 5.74) is 1.70. The van der Waals surface area contributed by atoms with E-state index in [4.69, 9.17) is 4.74 Å². The molecular formula is C19H20N4O3. The maximum atomic E-state index is 12.4. The fourth-order valence-electron chi connectivity index (χ4n) is 3.81. The lowest BCUT2D eigenvalue weighted by Gasteiger charge is -2.25. The Labute approximate surface area is 150 Å². The van der Waals surface area contributed by atoms with Crippen molar-refractivity contribution in [1.82, 2.24) is 9.97 Å². The number of fused-ring (bicyclic) bond motifs is 1. The van der Waals surface area contributed by atoms with Crippen LogP contribution in [0.2, 0.25) is 0 Å². The molecule has 0 saturated carbocycles. The molecule has 134 valence electrons. The molecule has 3 heterocycles. The molecule has 2 aliphatic heterocycles. The summed E-state index contributed by atoms with van der Waals surface area (Å²) >= 11 is 0. The number of nitrogens with zero attached hydrogens (tertiary/aromatic N) is 3. The normalized spacial score (nSPS) is 18.5. The van der Waals surface area contributed by atoms with E-state index in [9.17, 15) is 15.2 Å². The van der Waals surface area contributed by atoms with E-state index in [0.717, 1.165) is 30.6 Å². The van der Waals surface area contributed by atoms with Gasteiger partial charge in [0.25, 0.3) is 5.56 Å². The number of hydrogen-bond donors (Lipinski definition) is 2. The van der Waals surface area contributed by atoms with E-state index in [0.29, 0.717) is 31.2 Å². The molecule has 7 nitrogen and oxygen atoms in total. The molecule has 0 bridgehead atoms. The Morgan fingerprint density at radius 2 is 2.35 bits per heavy atom. The average molecular weight is 352 g/mol. The Bertz CT molecular complexity index is 931. The zero-order valence-corrected chi connectivity index (χ0v) is 14.4. The number of rotatable bonds is 4. The van der Waals surface area contributed by atoms with Gasteiger partial charge in [0.05, 0.1) is 19.3 Å². The summed E-state index contributed by atoms with van der Waals surface area (Å²) < 4.78 is 5.73. The second-order valence-electron chi connectivity index (χ2n) is 6.68. The van der Waals surface area contributed by atoms with Crippen molar-refractivity contribution in [2.45, 2.75) is 31.7 Å². The van der Waals surface area contributed by atoms with Gasteiger partial charge >= 0.3 is 0 Å². The first-order chi connectivity index (χ1) is 12.7. The van der Waals surface area contributed by atoms with Gasteiger partial charge in [-0.15, -0.1) is 0 Å². The second-order valence-corrected chi connectivity index (χ2v) is 6.68. The highest BCUT2D eigenvalue weighted by Crippen LogP contribution is 2.31. The van der Waals surface area contributed by atoms with E-state index in [-0.39, 0.29) is 18.2 Å². The first-order valence-electron chi connectivity index (χ1n) is 8.85. The second kappa shape index (κ2) is 6.81. The van der Waals surface area contributed by atoms with Gasteiger partial charge in [0, 0.05) is 24.9 Å². The van der Waals surface area contributed by atoms with Crippen LogP contribution in [0, 0.1) is 11.3 Å². The maximum absolute atomic E-state index is 12.4. The van der Waals surface area contributed by atoms with Gasteiger partial charge in [-0.3, -0.25) is 4.79 Å². The number of anilines is 1. The molecule has 1 fully saturated rings. The van der Waals surface area contributed by atoms with Crippen LogP contribution in [0.3, 0.4) is 0 Å². The number of H-pyrrole nitrogens is 1. The number of benzene rings is 1. The number of hydrogen-bond acceptors (Lipinski definition) is 6. The Morgan fingerprint density at radius 3 is 3.15 bits per heavy atom. The molecule has 0 amide bonds. The van der Waals surface area contributed by atoms with Crippen molar-refractivity contribution in [3.05, 3.63) is 51.1 Å². The molecule has 2 aromatic rings. The highest BCUT2D eigenvalue weighted by Gasteiger charge is 2.29. The van der Waals surface area contributed by atoms with E-state index in [1.54, 1.807) is 0 Å². The number of nitriles is 1. The topological polar surface area (TPSA) is 102 Å². The minimum absolute atomic E-state index is 0.00337. The number of ether oxygens (including phenoxy) is 1. The molecule has 0 radical (unpaired) electrons. The zero-order valence-electron chi connectivity index (χ0n) is 14.4. The molecule has 1 saturated heterocycles. The molecule has 2 aliphatic rings. The molecule has 7 heteroatoms. The van der Waals surface area contributed by atoms with E-state index >= 15 is 0 Å². The van der Waals surface area contributed by atoms with E-state index in [1.165, 1.54) is 5.56 Å². The first-order valence-corrected chi connectivity index (χ1v) is 8.85. The standard InChI is InChI=1S/C19H20N4O3/c20-10-15-18(23-7-2-5-14(23)11-24)21-16(22-19(15)25)9-13-4-1-3-12-6-8-26-17(12)13/h1,3-4,14,24H,2,5-9,11H2,(H,21,22,25)/t14-/m0/s1. The van der Waals surface area contributed by atoms with Crippen molar-refractivity contribution in [3.63, 3.8) is 0 Å². The van der Waals surface area contributed by atoms with E-state index < -0.39 is 5.56 Å². The third-order valence-corrected chi connectivity index (χ3v) is 5.07. The van der Waals surface area contributed by atoms with Crippen LogP contribution < -0.4 is 15.2 Å². The van der Waals surface area contributed by atoms with Crippen LogP contribution in [-0.4, -0.2) is 40.9 Å². The van der Waals surface area contributed by atoms with Gasteiger partial charge in [0.1, 0.15) is 17.6 Å². The van der Waals surface area contributed by atoms with Crippen LogP contribution in [0.1, 0.15) is 35.4 Å². The van der Waals surface area contributed by atoms with Crippen LogP contribution in [0.4, 0.5) is 5.82 Å². The molecule has 2 N–H and O–H groups in total. The first kappa shape index (κ1) is 16.6. The van der Waals surface area contributed by atoms with Crippen molar-refractivity contribution >= 4 is 5.82 Å². The van der Waals surface area contributed by atoms with Crippen molar-refractivity contribution in [1.29, 1.82) is 5.26 Å². The molecule has 0 unspecified atom stereocenters. The number of nitrogens with one attached hydrogen (secondary N) is 1.